The third kappa shape index (κ3) is 3.44. The summed E-state index contributed by atoms with van der Waals surface area (Å²) in [6, 6.07) is 0. The normalized spacial score (nSPS) is 16.8. The van der Waals surface area contributed by atoms with Crippen molar-refractivity contribution in [3.8, 4) is 0 Å². The van der Waals surface area contributed by atoms with Crippen LogP contribution in [-0.2, 0) is 0 Å². The van der Waals surface area contributed by atoms with Gasteiger partial charge in [-0.25, -0.2) is 0 Å². The van der Waals surface area contributed by atoms with Gasteiger partial charge in [-0.1, -0.05) is 6.92 Å². The second-order valence-corrected chi connectivity index (χ2v) is 3.90. The Bertz CT molecular complexity index is 83.7. The van der Waals surface area contributed by atoms with E-state index in [0.717, 1.165) is 12.2 Å². The van der Waals surface area contributed by atoms with Gasteiger partial charge < -0.3 is 10.8 Å². The fourth-order valence-corrected chi connectivity index (χ4v) is 1.29. The molecule has 0 aliphatic rings. The highest BCUT2D eigenvalue weighted by molar-refractivity contribution is 7.98. The second kappa shape index (κ2) is 4.99. The van der Waals surface area contributed by atoms with Crippen molar-refractivity contribution in [2.24, 2.45) is 11.1 Å². The topological polar surface area (TPSA) is 46.2 Å². The number of nitrogens with two attached hydrogens (primary N) is 1. The number of hydrogen-bond acceptors (Lipinski definition) is 3. The lowest BCUT2D eigenvalue weighted by Gasteiger charge is -2.24. The Labute approximate surface area is 67.2 Å². The SMILES string of the molecule is CSCCC(C)(CN)CO. The minimum Gasteiger partial charge on any atom is -0.396 e. The molecule has 0 saturated carbocycles. The number of thioether (sulfide) groups is 1. The van der Waals surface area contributed by atoms with Crippen LogP contribution in [0.1, 0.15) is 13.3 Å². The van der Waals surface area contributed by atoms with Crippen LogP contribution in [0.15, 0.2) is 0 Å². The summed E-state index contributed by atoms with van der Waals surface area (Å²) in [4.78, 5) is 0. The number of aliphatic hydroxyl groups is 1. The molecular weight excluding hydrogens is 146 g/mol. The molecule has 0 rings (SSSR count). The summed E-state index contributed by atoms with van der Waals surface area (Å²) in [6.07, 6.45) is 3.06. The fourth-order valence-electron chi connectivity index (χ4n) is 0.594. The van der Waals surface area contributed by atoms with Gasteiger partial charge in [0.05, 0.1) is 0 Å². The first kappa shape index (κ1) is 10.3. The van der Waals surface area contributed by atoms with E-state index < -0.39 is 0 Å². The Morgan fingerprint density at radius 1 is 1.60 bits per heavy atom. The number of aliphatic hydroxyl groups excluding tert-OH is 1. The Kier molecular flexibility index (Phi) is 5.13. The average molecular weight is 163 g/mol. The summed E-state index contributed by atoms with van der Waals surface area (Å²) in [7, 11) is 0. The van der Waals surface area contributed by atoms with Crippen molar-refractivity contribution >= 4 is 11.8 Å². The maximum Gasteiger partial charge on any atom is 0.0497 e. The molecule has 0 bridgehead atoms. The van der Waals surface area contributed by atoms with E-state index in [-0.39, 0.29) is 12.0 Å². The quantitative estimate of drug-likeness (QED) is 0.627. The highest BCUT2D eigenvalue weighted by Crippen LogP contribution is 2.20. The van der Waals surface area contributed by atoms with Gasteiger partial charge in [0.1, 0.15) is 0 Å². The van der Waals surface area contributed by atoms with Gasteiger partial charge >= 0.3 is 0 Å². The number of hydrogen-bond donors (Lipinski definition) is 2. The van der Waals surface area contributed by atoms with Gasteiger partial charge in [-0.2, -0.15) is 11.8 Å². The Balaban J connectivity index is 3.58. The van der Waals surface area contributed by atoms with E-state index in [1.807, 2.05) is 6.92 Å². The molecule has 1 atom stereocenters. The van der Waals surface area contributed by atoms with Gasteiger partial charge in [0, 0.05) is 12.0 Å². The van der Waals surface area contributed by atoms with Crippen molar-refractivity contribution in [1.82, 2.24) is 0 Å². The molecule has 0 aliphatic heterocycles. The van der Waals surface area contributed by atoms with E-state index in [1.165, 1.54) is 0 Å². The zero-order valence-corrected chi connectivity index (χ0v) is 7.58. The molecule has 62 valence electrons. The maximum atomic E-state index is 8.92. The molecule has 0 aromatic rings. The van der Waals surface area contributed by atoms with Gasteiger partial charge in [-0.15, -0.1) is 0 Å². The van der Waals surface area contributed by atoms with Crippen molar-refractivity contribution in [3.63, 3.8) is 0 Å². The zero-order valence-electron chi connectivity index (χ0n) is 6.76. The van der Waals surface area contributed by atoms with E-state index in [9.17, 15) is 0 Å². The van der Waals surface area contributed by atoms with Crippen LogP contribution in [0.4, 0.5) is 0 Å². The van der Waals surface area contributed by atoms with Gasteiger partial charge in [0.25, 0.3) is 0 Å². The standard InChI is InChI=1S/C7H17NOS/c1-7(5-8,6-9)3-4-10-2/h9H,3-6,8H2,1-2H3. The van der Waals surface area contributed by atoms with Crippen LogP contribution >= 0.6 is 11.8 Å². The van der Waals surface area contributed by atoms with Crippen molar-refractivity contribution in [2.45, 2.75) is 13.3 Å². The second-order valence-electron chi connectivity index (χ2n) is 2.92. The highest BCUT2D eigenvalue weighted by Gasteiger charge is 2.19. The van der Waals surface area contributed by atoms with Crippen molar-refractivity contribution < 1.29 is 5.11 Å². The fraction of sp³-hybridized carbons (Fsp3) is 1.00. The molecule has 0 heterocycles. The lowest BCUT2D eigenvalue weighted by molar-refractivity contribution is 0.146. The molecule has 0 aromatic heterocycles. The molecule has 1 unspecified atom stereocenters. The Morgan fingerprint density at radius 3 is 2.50 bits per heavy atom. The molecule has 3 N–H and O–H groups in total. The van der Waals surface area contributed by atoms with Crippen LogP contribution in [0.25, 0.3) is 0 Å². The van der Waals surface area contributed by atoms with Crippen LogP contribution < -0.4 is 5.73 Å². The molecule has 0 fully saturated rings. The Hall–Kier alpha value is 0.270. The Morgan fingerprint density at radius 2 is 2.20 bits per heavy atom. The lowest BCUT2D eigenvalue weighted by atomic mass is 9.89. The van der Waals surface area contributed by atoms with Crippen LogP contribution in [-0.4, -0.2) is 30.3 Å². The summed E-state index contributed by atoms with van der Waals surface area (Å²) in [5.74, 6) is 1.08. The zero-order chi connectivity index (χ0) is 8.04. The summed E-state index contributed by atoms with van der Waals surface area (Å²) >= 11 is 1.79. The molecule has 0 spiro atoms. The first-order valence-electron chi connectivity index (χ1n) is 3.48. The summed E-state index contributed by atoms with van der Waals surface area (Å²) in [5.41, 5.74) is 5.44. The highest BCUT2D eigenvalue weighted by atomic mass is 32.2. The van der Waals surface area contributed by atoms with E-state index in [1.54, 1.807) is 11.8 Å². The summed E-state index contributed by atoms with van der Waals surface area (Å²) in [6.45, 7) is 2.79. The average Bonchev–Trinajstić information content (AvgIpc) is 2.00. The van der Waals surface area contributed by atoms with Crippen LogP contribution in [0.5, 0.6) is 0 Å². The first-order valence-corrected chi connectivity index (χ1v) is 4.88. The van der Waals surface area contributed by atoms with E-state index in [0.29, 0.717) is 6.54 Å². The summed E-state index contributed by atoms with van der Waals surface area (Å²) < 4.78 is 0. The van der Waals surface area contributed by atoms with Crippen LogP contribution in [0.3, 0.4) is 0 Å². The minimum atomic E-state index is -0.0526. The number of rotatable bonds is 5. The molecule has 0 radical (unpaired) electrons. The third-order valence-electron chi connectivity index (χ3n) is 1.78. The molecule has 3 heteroatoms. The lowest BCUT2D eigenvalue weighted by Crippen LogP contribution is -2.31. The molecule has 0 amide bonds. The molecular formula is C7H17NOS. The predicted octanol–water partition coefficient (Wildman–Crippen LogP) is 0.697. The van der Waals surface area contributed by atoms with Crippen molar-refractivity contribution in [3.05, 3.63) is 0 Å². The van der Waals surface area contributed by atoms with Gasteiger partial charge in [-0.3, -0.25) is 0 Å². The van der Waals surface area contributed by atoms with Gasteiger partial charge in [-0.05, 0) is 25.0 Å². The van der Waals surface area contributed by atoms with Crippen molar-refractivity contribution in [2.75, 3.05) is 25.2 Å². The van der Waals surface area contributed by atoms with Gasteiger partial charge in [0.2, 0.25) is 0 Å². The minimum absolute atomic E-state index is 0.0526. The summed E-state index contributed by atoms with van der Waals surface area (Å²) in [5, 5.41) is 8.92. The van der Waals surface area contributed by atoms with E-state index in [4.69, 9.17) is 10.8 Å². The molecule has 0 aromatic carbocycles. The van der Waals surface area contributed by atoms with Crippen LogP contribution in [0, 0.1) is 5.41 Å². The van der Waals surface area contributed by atoms with Crippen LogP contribution in [0.2, 0.25) is 0 Å². The van der Waals surface area contributed by atoms with E-state index >= 15 is 0 Å². The molecule has 0 saturated heterocycles. The predicted molar refractivity (Wildman–Crippen MR) is 47.2 cm³/mol. The van der Waals surface area contributed by atoms with Crippen molar-refractivity contribution in [1.29, 1.82) is 0 Å². The smallest absolute Gasteiger partial charge is 0.0497 e. The first-order chi connectivity index (χ1) is 4.68. The van der Waals surface area contributed by atoms with E-state index in [2.05, 4.69) is 6.26 Å². The monoisotopic (exact) mass is 163 g/mol. The maximum absolute atomic E-state index is 8.92. The third-order valence-corrected chi connectivity index (χ3v) is 2.40. The van der Waals surface area contributed by atoms with Gasteiger partial charge in [0.15, 0.2) is 0 Å². The molecule has 2 nitrogen and oxygen atoms in total. The molecule has 10 heavy (non-hydrogen) atoms. The molecule has 0 aliphatic carbocycles. The largest absolute Gasteiger partial charge is 0.396 e.